The maximum atomic E-state index is 12.6. The summed E-state index contributed by atoms with van der Waals surface area (Å²) in [5, 5.41) is 2.95. The number of thioether (sulfide) groups is 1. The predicted molar refractivity (Wildman–Crippen MR) is 114 cm³/mol. The summed E-state index contributed by atoms with van der Waals surface area (Å²) in [7, 11) is 0. The van der Waals surface area contributed by atoms with E-state index in [1.807, 2.05) is 66.9 Å². The van der Waals surface area contributed by atoms with Crippen molar-refractivity contribution < 1.29 is 14.3 Å². The van der Waals surface area contributed by atoms with Crippen molar-refractivity contribution in [1.29, 1.82) is 0 Å². The van der Waals surface area contributed by atoms with Gasteiger partial charge in [-0.2, -0.15) is 11.8 Å². The third-order valence-corrected chi connectivity index (χ3v) is 5.59. The van der Waals surface area contributed by atoms with Crippen LogP contribution >= 0.6 is 11.8 Å². The van der Waals surface area contributed by atoms with Gasteiger partial charge in [0, 0.05) is 35.8 Å². The second kappa shape index (κ2) is 9.64. The molecule has 5 nitrogen and oxygen atoms in total. The van der Waals surface area contributed by atoms with Crippen molar-refractivity contribution in [3.8, 4) is 5.75 Å². The molecule has 0 saturated carbocycles. The Morgan fingerprint density at radius 3 is 2.46 bits per heavy atom. The number of amides is 2. The fraction of sp³-hybridized carbons (Fsp3) is 0.364. The fourth-order valence-electron chi connectivity index (χ4n) is 3.14. The van der Waals surface area contributed by atoms with Crippen molar-refractivity contribution >= 4 is 29.3 Å². The van der Waals surface area contributed by atoms with Crippen LogP contribution in [0.1, 0.15) is 28.4 Å². The van der Waals surface area contributed by atoms with Crippen LogP contribution < -0.4 is 10.1 Å². The molecule has 0 radical (unpaired) electrons. The van der Waals surface area contributed by atoms with Gasteiger partial charge in [-0.25, -0.2) is 0 Å². The normalized spacial score (nSPS) is 13.9. The van der Waals surface area contributed by atoms with Crippen molar-refractivity contribution in [3.63, 3.8) is 0 Å². The highest BCUT2D eigenvalue weighted by atomic mass is 32.2. The molecule has 0 atom stereocenters. The van der Waals surface area contributed by atoms with E-state index in [2.05, 4.69) is 5.32 Å². The Kier molecular flexibility index (Phi) is 6.98. The Labute approximate surface area is 170 Å². The number of nitrogens with zero attached hydrogens (tertiary/aromatic N) is 1. The van der Waals surface area contributed by atoms with Gasteiger partial charge in [0.25, 0.3) is 5.91 Å². The summed E-state index contributed by atoms with van der Waals surface area (Å²) in [6.45, 7) is 6.06. The first-order chi connectivity index (χ1) is 13.6. The summed E-state index contributed by atoms with van der Waals surface area (Å²) >= 11 is 1.88. The average Bonchev–Trinajstić information content (AvgIpc) is 2.71. The number of hydrogen-bond acceptors (Lipinski definition) is 4. The lowest BCUT2D eigenvalue weighted by Crippen LogP contribution is -2.37. The summed E-state index contributed by atoms with van der Waals surface area (Å²) in [5.74, 6) is 2.76. The van der Waals surface area contributed by atoms with E-state index >= 15 is 0 Å². The van der Waals surface area contributed by atoms with Crippen LogP contribution in [-0.4, -0.2) is 47.9 Å². The third-order valence-electron chi connectivity index (χ3n) is 4.64. The van der Waals surface area contributed by atoms with Gasteiger partial charge in [-0.3, -0.25) is 9.59 Å². The quantitative estimate of drug-likeness (QED) is 0.805. The van der Waals surface area contributed by atoms with E-state index in [-0.39, 0.29) is 18.2 Å². The minimum absolute atomic E-state index is 0.0654. The average molecular weight is 399 g/mol. The number of carbonyl (C=O) groups excluding carboxylic acids is 2. The first kappa shape index (κ1) is 20.3. The van der Waals surface area contributed by atoms with Crippen molar-refractivity contribution in [1.82, 2.24) is 4.90 Å². The minimum Gasteiger partial charge on any atom is -0.494 e. The van der Waals surface area contributed by atoms with Crippen LogP contribution in [0.15, 0.2) is 42.5 Å². The Balaban J connectivity index is 1.60. The molecule has 3 rings (SSSR count). The minimum atomic E-state index is -0.0839. The maximum Gasteiger partial charge on any atom is 0.253 e. The maximum absolute atomic E-state index is 12.6. The van der Waals surface area contributed by atoms with Crippen LogP contribution in [0, 0.1) is 6.92 Å². The molecule has 6 heteroatoms. The Bertz CT molecular complexity index is 830. The number of carbonyl (C=O) groups is 2. The van der Waals surface area contributed by atoms with Crippen LogP contribution in [0.3, 0.4) is 0 Å². The molecule has 0 unspecified atom stereocenters. The zero-order valence-corrected chi connectivity index (χ0v) is 17.2. The van der Waals surface area contributed by atoms with Crippen LogP contribution in [0.5, 0.6) is 5.75 Å². The zero-order valence-electron chi connectivity index (χ0n) is 16.4. The molecule has 0 aliphatic carbocycles. The Morgan fingerprint density at radius 2 is 1.82 bits per heavy atom. The molecule has 0 aromatic heterocycles. The van der Waals surface area contributed by atoms with Crippen molar-refractivity contribution in [2.75, 3.05) is 36.5 Å². The summed E-state index contributed by atoms with van der Waals surface area (Å²) in [6, 6.07) is 13.0. The largest absolute Gasteiger partial charge is 0.494 e. The lowest BCUT2D eigenvalue weighted by molar-refractivity contribution is -0.115. The molecule has 28 heavy (non-hydrogen) atoms. The van der Waals surface area contributed by atoms with Gasteiger partial charge in [0.1, 0.15) is 5.75 Å². The van der Waals surface area contributed by atoms with Crippen LogP contribution in [0.25, 0.3) is 0 Å². The lowest BCUT2D eigenvalue weighted by Gasteiger charge is -2.26. The van der Waals surface area contributed by atoms with Gasteiger partial charge in [0.15, 0.2) is 0 Å². The van der Waals surface area contributed by atoms with E-state index in [4.69, 9.17) is 4.74 Å². The molecule has 2 aromatic rings. The SMILES string of the molecule is CCOc1ccc(CC(=O)Nc2ccc(C(=O)N3CCSCC3)cc2C)cc1. The molecule has 1 N–H and O–H groups in total. The predicted octanol–water partition coefficient (Wildman–Crippen LogP) is 3.76. The molecule has 0 bridgehead atoms. The van der Waals surface area contributed by atoms with Gasteiger partial charge < -0.3 is 15.0 Å². The first-order valence-electron chi connectivity index (χ1n) is 9.56. The van der Waals surface area contributed by atoms with E-state index in [0.29, 0.717) is 12.2 Å². The molecule has 1 aliphatic rings. The van der Waals surface area contributed by atoms with Gasteiger partial charge in [-0.05, 0) is 55.3 Å². The second-order valence-corrected chi connectivity index (χ2v) is 7.96. The zero-order chi connectivity index (χ0) is 19.9. The van der Waals surface area contributed by atoms with Crippen molar-refractivity contribution in [3.05, 3.63) is 59.2 Å². The van der Waals surface area contributed by atoms with Crippen molar-refractivity contribution in [2.45, 2.75) is 20.3 Å². The number of rotatable bonds is 6. The summed E-state index contributed by atoms with van der Waals surface area (Å²) in [5.41, 5.74) is 3.22. The van der Waals surface area contributed by atoms with E-state index in [0.717, 1.165) is 47.2 Å². The molecule has 1 heterocycles. The summed E-state index contributed by atoms with van der Waals surface area (Å²) in [6.07, 6.45) is 0.290. The first-order valence-corrected chi connectivity index (χ1v) is 10.7. The number of hydrogen-bond donors (Lipinski definition) is 1. The molecular formula is C22H26N2O3S. The van der Waals surface area contributed by atoms with E-state index < -0.39 is 0 Å². The summed E-state index contributed by atoms with van der Waals surface area (Å²) < 4.78 is 5.42. The van der Waals surface area contributed by atoms with Crippen LogP contribution in [-0.2, 0) is 11.2 Å². The summed E-state index contributed by atoms with van der Waals surface area (Å²) in [4.78, 5) is 26.9. The molecule has 1 aliphatic heterocycles. The fourth-order valence-corrected chi connectivity index (χ4v) is 4.04. The monoisotopic (exact) mass is 398 g/mol. The molecule has 1 fully saturated rings. The number of ether oxygens (including phenoxy) is 1. The third kappa shape index (κ3) is 5.29. The molecule has 2 amide bonds. The highest BCUT2D eigenvalue weighted by molar-refractivity contribution is 7.99. The van der Waals surface area contributed by atoms with Gasteiger partial charge in [-0.1, -0.05) is 12.1 Å². The van der Waals surface area contributed by atoms with E-state index in [1.165, 1.54) is 0 Å². The number of nitrogens with one attached hydrogen (secondary N) is 1. The molecule has 2 aromatic carbocycles. The van der Waals surface area contributed by atoms with Crippen molar-refractivity contribution in [2.24, 2.45) is 0 Å². The Hall–Kier alpha value is -2.47. The number of anilines is 1. The van der Waals surface area contributed by atoms with E-state index in [9.17, 15) is 9.59 Å². The lowest BCUT2D eigenvalue weighted by atomic mass is 10.1. The molecule has 148 valence electrons. The van der Waals surface area contributed by atoms with Crippen LogP contribution in [0.2, 0.25) is 0 Å². The molecule has 1 saturated heterocycles. The van der Waals surface area contributed by atoms with Crippen LogP contribution in [0.4, 0.5) is 5.69 Å². The van der Waals surface area contributed by atoms with Gasteiger partial charge in [0.05, 0.1) is 13.0 Å². The molecular weight excluding hydrogens is 372 g/mol. The topological polar surface area (TPSA) is 58.6 Å². The standard InChI is InChI=1S/C22H26N2O3S/c1-3-27-19-7-4-17(5-8-19)15-21(25)23-20-9-6-18(14-16(20)2)22(26)24-10-12-28-13-11-24/h4-9,14H,3,10-13,15H2,1-2H3,(H,23,25). The van der Waals surface area contributed by atoms with Gasteiger partial charge in [-0.15, -0.1) is 0 Å². The van der Waals surface area contributed by atoms with E-state index in [1.54, 1.807) is 6.07 Å². The second-order valence-electron chi connectivity index (χ2n) is 6.74. The Morgan fingerprint density at radius 1 is 1.11 bits per heavy atom. The van der Waals surface area contributed by atoms with Gasteiger partial charge >= 0.3 is 0 Å². The van der Waals surface area contributed by atoms with Gasteiger partial charge in [0.2, 0.25) is 5.91 Å². The number of aryl methyl sites for hydroxylation is 1. The highest BCUT2D eigenvalue weighted by Crippen LogP contribution is 2.20. The number of benzene rings is 2. The highest BCUT2D eigenvalue weighted by Gasteiger charge is 2.19. The smallest absolute Gasteiger partial charge is 0.253 e. The molecule has 0 spiro atoms.